The summed E-state index contributed by atoms with van der Waals surface area (Å²) >= 11 is 2.05. The Labute approximate surface area is 115 Å². The average molecular weight is 264 g/mol. The van der Waals surface area contributed by atoms with E-state index in [9.17, 15) is 0 Å². The molecular weight excluding hydrogens is 240 g/mol. The Morgan fingerprint density at radius 1 is 1.33 bits per heavy atom. The molecule has 1 saturated heterocycles. The van der Waals surface area contributed by atoms with Gasteiger partial charge in [0.15, 0.2) is 0 Å². The van der Waals surface area contributed by atoms with Crippen LogP contribution >= 0.6 is 11.8 Å². The Kier molecular flexibility index (Phi) is 6.05. The molecule has 1 aromatic rings. The van der Waals surface area contributed by atoms with Crippen molar-refractivity contribution < 1.29 is 0 Å². The van der Waals surface area contributed by atoms with Crippen LogP contribution in [0.15, 0.2) is 30.3 Å². The molecule has 0 amide bonds. The minimum atomic E-state index is 0.513. The number of piperazine rings is 1. The summed E-state index contributed by atoms with van der Waals surface area (Å²) in [5.41, 5.74) is 1.42. The van der Waals surface area contributed by atoms with E-state index in [-0.39, 0.29) is 0 Å². The Bertz CT molecular complexity index is 329. The van der Waals surface area contributed by atoms with Gasteiger partial charge in [-0.25, -0.2) is 0 Å². The topological polar surface area (TPSA) is 15.3 Å². The molecular formula is C15H24N2S. The molecule has 0 aromatic heterocycles. The second kappa shape index (κ2) is 7.82. The van der Waals surface area contributed by atoms with Crippen molar-refractivity contribution in [3.8, 4) is 0 Å². The van der Waals surface area contributed by atoms with Crippen LogP contribution in [-0.4, -0.2) is 42.6 Å². The maximum absolute atomic E-state index is 3.62. The first-order valence-electron chi connectivity index (χ1n) is 6.98. The summed E-state index contributed by atoms with van der Waals surface area (Å²) in [7, 11) is 0. The van der Waals surface area contributed by atoms with Crippen molar-refractivity contribution in [2.75, 3.05) is 37.7 Å². The first kappa shape index (κ1) is 13.9. The number of hydrogen-bond donors (Lipinski definition) is 1. The molecule has 0 radical (unpaired) electrons. The maximum Gasteiger partial charge on any atom is 0.0449 e. The predicted molar refractivity (Wildman–Crippen MR) is 81.2 cm³/mol. The fourth-order valence-electron chi connectivity index (χ4n) is 2.46. The Hall–Kier alpha value is -0.510. The predicted octanol–water partition coefficient (Wildman–Crippen LogP) is 2.78. The molecule has 1 heterocycles. The lowest BCUT2D eigenvalue weighted by molar-refractivity contribution is 0.201. The molecule has 1 aliphatic heterocycles. The number of thioether (sulfide) groups is 1. The van der Waals surface area contributed by atoms with Gasteiger partial charge in [0.25, 0.3) is 0 Å². The highest BCUT2D eigenvalue weighted by Gasteiger charge is 2.19. The molecule has 100 valence electrons. The Morgan fingerprint density at radius 2 is 2.17 bits per heavy atom. The average Bonchev–Trinajstić information content (AvgIpc) is 2.45. The van der Waals surface area contributed by atoms with Crippen molar-refractivity contribution in [2.24, 2.45) is 0 Å². The zero-order valence-electron chi connectivity index (χ0n) is 11.3. The van der Waals surface area contributed by atoms with E-state index in [0.29, 0.717) is 6.04 Å². The number of nitrogens with one attached hydrogen (secondary N) is 1. The van der Waals surface area contributed by atoms with E-state index in [1.165, 1.54) is 36.6 Å². The van der Waals surface area contributed by atoms with Crippen molar-refractivity contribution in [1.82, 2.24) is 10.2 Å². The van der Waals surface area contributed by atoms with Gasteiger partial charge < -0.3 is 10.2 Å². The number of hydrogen-bond acceptors (Lipinski definition) is 3. The lowest BCUT2D eigenvalue weighted by Gasteiger charge is -2.34. The zero-order valence-corrected chi connectivity index (χ0v) is 12.1. The molecule has 1 aromatic carbocycles. The van der Waals surface area contributed by atoms with Gasteiger partial charge in [0.05, 0.1) is 0 Å². The summed E-state index contributed by atoms with van der Waals surface area (Å²) < 4.78 is 0. The fraction of sp³-hybridized carbons (Fsp3) is 0.600. The van der Waals surface area contributed by atoms with Gasteiger partial charge in [-0.05, 0) is 30.0 Å². The van der Waals surface area contributed by atoms with Crippen LogP contribution in [0.1, 0.15) is 24.9 Å². The first-order chi connectivity index (χ1) is 8.90. The monoisotopic (exact) mass is 264 g/mol. The molecule has 2 nitrogen and oxygen atoms in total. The van der Waals surface area contributed by atoms with E-state index in [1.54, 1.807) is 0 Å². The molecule has 1 unspecified atom stereocenters. The number of benzene rings is 1. The number of nitrogens with zero attached hydrogens (tertiary/aromatic N) is 1. The van der Waals surface area contributed by atoms with E-state index in [4.69, 9.17) is 0 Å². The van der Waals surface area contributed by atoms with E-state index in [0.717, 1.165) is 13.1 Å². The Morgan fingerprint density at radius 3 is 2.94 bits per heavy atom. The van der Waals surface area contributed by atoms with E-state index < -0.39 is 0 Å². The SMILES string of the molecule is CCSCCCN1CCNC(c2ccccc2)C1. The van der Waals surface area contributed by atoms with Crippen LogP contribution in [0.2, 0.25) is 0 Å². The molecule has 1 fully saturated rings. The lowest BCUT2D eigenvalue weighted by atomic mass is 10.0. The van der Waals surface area contributed by atoms with E-state index >= 15 is 0 Å². The van der Waals surface area contributed by atoms with Crippen LogP contribution in [0.4, 0.5) is 0 Å². The standard InChI is InChI=1S/C15H24N2S/c1-2-18-12-6-10-17-11-9-16-15(13-17)14-7-4-3-5-8-14/h3-5,7-8,15-16H,2,6,9-13H2,1H3. The van der Waals surface area contributed by atoms with Crippen molar-refractivity contribution in [3.63, 3.8) is 0 Å². The third kappa shape index (κ3) is 4.30. The maximum atomic E-state index is 3.62. The fourth-order valence-corrected chi connectivity index (χ4v) is 3.08. The highest BCUT2D eigenvalue weighted by molar-refractivity contribution is 7.99. The molecule has 0 saturated carbocycles. The Balaban J connectivity index is 1.78. The summed E-state index contributed by atoms with van der Waals surface area (Å²) in [6.07, 6.45) is 1.32. The van der Waals surface area contributed by atoms with Crippen LogP contribution in [0.25, 0.3) is 0 Å². The highest BCUT2D eigenvalue weighted by atomic mass is 32.2. The summed E-state index contributed by atoms with van der Waals surface area (Å²) in [5.74, 6) is 2.55. The number of rotatable bonds is 6. The van der Waals surface area contributed by atoms with Crippen molar-refractivity contribution in [1.29, 1.82) is 0 Å². The van der Waals surface area contributed by atoms with Gasteiger partial charge in [0.2, 0.25) is 0 Å². The van der Waals surface area contributed by atoms with Crippen molar-refractivity contribution in [2.45, 2.75) is 19.4 Å². The van der Waals surface area contributed by atoms with Crippen LogP contribution in [0.3, 0.4) is 0 Å². The van der Waals surface area contributed by atoms with Crippen LogP contribution in [-0.2, 0) is 0 Å². The molecule has 3 heteroatoms. The van der Waals surface area contributed by atoms with E-state index in [2.05, 4.69) is 59.2 Å². The third-order valence-electron chi connectivity index (χ3n) is 3.43. The molecule has 1 aliphatic rings. The molecule has 1 N–H and O–H groups in total. The van der Waals surface area contributed by atoms with Crippen molar-refractivity contribution >= 4 is 11.8 Å². The van der Waals surface area contributed by atoms with Gasteiger partial charge in [0, 0.05) is 25.7 Å². The zero-order chi connectivity index (χ0) is 12.6. The van der Waals surface area contributed by atoms with Gasteiger partial charge in [-0.15, -0.1) is 0 Å². The second-order valence-electron chi connectivity index (χ2n) is 4.77. The molecule has 0 spiro atoms. The largest absolute Gasteiger partial charge is 0.308 e. The molecule has 1 atom stereocenters. The third-order valence-corrected chi connectivity index (χ3v) is 4.41. The summed E-state index contributed by atoms with van der Waals surface area (Å²) in [5, 5.41) is 3.62. The lowest BCUT2D eigenvalue weighted by Crippen LogP contribution is -2.46. The summed E-state index contributed by atoms with van der Waals surface area (Å²) in [6.45, 7) is 6.94. The molecule has 0 aliphatic carbocycles. The minimum Gasteiger partial charge on any atom is -0.308 e. The van der Waals surface area contributed by atoms with Crippen LogP contribution in [0, 0.1) is 0 Å². The van der Waals surface area contributed by atoms with Gasteiger partial charge >= 0.3 is 0 Å². The van der Waals surface area contributed by atoms with Gasteiger partial charge in [0.1, 0.15) is 0 Å². The highest BCUT2D eigenvalue weighted by Crippen LogP contribution is 2.17. The molecule has 0 bridgehead atoms. The van der Waals surface area contributed by atoms with Gasteiger partial charge in [-0.3, -0.25) is 0 Å². The quantitative estimate of drug-likeness (QED) is 0.795. The minimum absolute atomic E-state index is 0.513. The molecule has 2 rings (SSSR count). The summed E-state index contributed by atoms with van der Waals surface area (Å²) in [6, 6.07) is 11.3. The summed E-state index contributed by atoms with van der Waals surface area (Å²) in [4.78, 5) is 2.60. The van der Waals surface area contributed by atoms with Crippen LogP contribution < -0.4 is 5.32 Å². The second-order valence-corrected chi connectivity index (χ2v) is 6.16. The smallest absolute Gasteiger partial charge is 0.0449 e. The first-order valence-corrected chi connectivity index (χ1v) is 8.14. The van der Waals surface area contributed by atoms with Gasteiger partial charge in [-0.1, -0.05) is 37.3 Å². The van der Waals surface area contributed by atoms with E-state index in [1.807, 2.05) is 0 Å². The van der Waals surface area contributed by atoms with Gasteiger partial charge in [-0.2, -0.15) is 11.8 Å². The normalized spacial score (nSPS) is 21.1. The van der Waals surface area contributed by atoms with Crippen molar-refractivity contribution in [3.05, 3.63) is 35.9 Å². The van der Waals surface area contributed by atoms with Crippen LogP contribution in [0.5, 0.6) is 0 Å². The molecule has 18 heavy (non-hydrogen) atoms.